The molecule has 1 atom stereocenters. The monoisotopic (exact) mass is 592 g/mol. The van der Waals surface area contributed by atoms with E-state index in [2.05, 4.69) is 10.2 Å². The van der Waals surface area contributed by atoms with Gasteiger partial charge in [0.2, 0.25) is 0 Å². The second kappa shape index (κ2) is 17.6. The van der Waals surface area contributed by atoms with E-state index in [0.717, 1.165) is 41.5 Å². The number of hydrogen-bond donors (Lipinski definition) is 1. The Balaban J connectivity index is 0.00000588. The number of thioether (sulfide) groups is 2. The van der Waals surface area contributed by atoms with Crippen LogP contribution in [0, 0.1) is 18.6 Å². The first-order valence-corrected chi connectivity index (χ1v) is 15.9. The minimum atomic E-state index is -1.31. The second-order valence-electron chi connectivity index (χ2n) is 9.66. The second-order valence-corrected chi connectivity index (χ2v) is 11.6. The van der Waals surface area contributed by atoms with Crippen LogP contribution in [-0.2, 0) is 17.9 Å². The van der Waals surface area contributed by atoms with Crippen LogP contribution < -0.4 is 29.3 Å². The van der Waals surface area contributed by atoms with Crippen LogP contribution in [0.2, 0.25) is 0 Å². The molecular formula is C31H35F2LiN2O3S2. The van der Waals surface area contributed by atoms with Crippen molar-refractivity contribution in [1.82, 2.24) is 10.2 Å². The molecule has 0 aromatic heterocycles. The molecule has 0 spiro atoms. The summed E-state index contributed by atoms with van der Waals surface area (Å²) in [5.74, 6) is -1.48. The molecule has 0 bridgehead atoms. The Morgan fingerprint density at radius 1 is 0.902 bits per heavy atom. The normalized spacial score (nSPS) is 11.7. The van der Waals surface area contributed by atoms with E-state index >= 15 is 0 Å². The van der Waals surface area contributed by atoms with Gasteiger partial charge in [-0.1, -0.05) is 30.3 Å². The van der Waals surface area contributed by atoms with E-state index in [9.17, 15) is 23.5 Å². The van der Waals surface area contributed by atoms with Crippen molar-refractivity contribution in [3.63, 3.8) is 0 Å². The van der Waals surface area contributed by atoms with Gasteiger partial charge in [0.05, 0.1) is 12.0 Å². The van der Waals surface area contributed by atoms with E-state index in [0.29, 0.717) is 35.5 Å². The quantitative estimate of drug-likeness (QED) is 0.216. The van der Waals surface area contributed by atoms with Crippen molar-refractivity contribution in [1.29, 1.82) is 0 Å². The molecule has 41 heavy (non-hydrogen) atoms. The van der Waals surface area contributed by atoms with Crippen molar-refractivity contribution < 1.29 is 42.3 Å². The third-order valence-electron chi connectivity index (χ3n) is 6.52. The predicted octanol–water partition coefficient (Wildman–Crippen LogP) is 2.30. The zero-order valence-electron chi connectivity index (χ0n) is 24.0. The van der Waals surface area contributed by atoms with E-state index in [1.807, 2.05) is 55.8 Å². The Hall–Kier alpha value is -2.28. The molecule has 0 radical (unpaired) electrons. The van der Waals surface area contributed by atoms with Crippen molar-refractivity contribution >= 4 is 35.4 Å². The molecule has 0 aliphatic rings. The van der Waals surface area contributed by atoms with Crippen LogP contribution in [0.25, 0.3) is 11.1 Å². The van der Waals surface area contributed by atoms with E-state index < -0.39 is 29.6 Å². The molecule has 0 fully saturated rings. The summed E-state index contributed by atoms with van der Waals surface area (Å²) in [6.07, 6.45) is 5.08. The summed E-state index contributed by atoms with van der Waals surface area (Å²) in [4.78, 5) is 27.2. The SMILES string of the molecule is CSCCCN(Cc1cc(F)cc(F)c1)Cc1ccc(C(=O)NC(CCSC)C(=O)[O-])c(-c2ccccc2C)c1.[Li+]. The molecule has 214 valence electrons. The van der Waals surface area contributed by atoms with Crippen LogP contribution in [0.4, 0.5) is 8.78 Å². The predicted molar refractivity (Wildman–Crippen MR) is 159 cm³/mol. The fraction of sp³-hybridized carbons (Fsp3) is 0.355. The standard InChI is InChI=1S/C31H36F2N2O3S2.Li/c1-21-7-4-5-8-26(21)28-17-22(9-10-27(28)30(36)34-29(31(37)38)11-14-40-3)19-35(12-6-13-39-2)20-23-15-24(32)18-25(33)16-23;/h4-5,7-10,15-18,29H,6,11-14,19-20H2,1-3H3,(H,34,36)(H,37,38);/q;+1/p-1. The van der Waals surface area contributed by atoms with E-state index in [4.69, 9.17) is 0 Å². The maximum Gasteiger partial charge on any atom is 1.00 e. The Labute approximate surface area is 262 Å². The van der Waals surface area contributed by atoms with Crippen molar-refractivity contribution in [2.24, 2.45) is 0 Å². The molecule has 1 N–H and O–H groups in total. The van der Waals surface area contributed by atoms with Gasteiger partial charge in [0.1, 0.15) is 11.6 Å². The number of nitrogens with zero attached hydrogens (tertiary/aromatic N) is 1. The van der Waals surface area contributed by atoms with Gasteiger partial charge in [-0.25, -0.2) is 8.78 Å². The number of rotatable bonds is 15. The summed E-state index contributed by atoms with van der Waals surface area (Å²) in [6, 6.07) is 15.7. The van der Waals surface area contributed by atoms with E-state index in [-0.39, 0.29) is 25.3 Å². The molecule has 1 unspecified atom stereocenters. The van der Waals surface area contributed by atoms with Gasteiger partial charge in [-0.2, -0.15) is 23.5 Å². The molecule has 0 aliphatic heterocycles. The molecule has 3 aromatic rings. The largest absolute Gasteiger partial charge is 1.00 e. The van der Waals surface area contributed by atoms with Crippen molar-refractivity contribution in [2.45, 2.75) is 38.9 Å². The molecule has 1 amide bonds. The first-order valence-electron chi connectivity index (χ1n) is 13.1. The number of halogens is 2. The Morgan fingerprint density at radius 2 is 1.56 bits per heavy atom. The van der Waals surface area contributed by atoms with Crippen LogP contribution in [0.5, 0.6) is 0 Å². The smallest absolute Gasteiger partial charge is 0.548 e. The molecule has 10 heteroatoms. The van der Waals surface area contributed by atoms with Gasteiger partial charge in [0, 0.05) is 24.7 Å². The number of carbonyl (C=O) groups excluding carboxylic acids is 2. The number of carbonyl (C=O) groups is 2. The number of hydrogen-bond acceptors (Lipinski definition) is 6. The number of amides is 1. The Kier molecular flexibility index (Phi) is 15.0. The minimum Gasteiger partial charge on any atom is -0.548 e. The van der Waals surface area contributed by atoms with Crippen LogP contribution in [0.1, 0.15) is 39.9 Å². The summed E-state index contributed by atoms with van der Waals surface area (Å²) >= 11 is 3.24. The topological polar surface area (TPSA) is 72.5 Å². The average molecular weight is 593 g/mol. The molecular weight excluding hydrogens is 557 g/mol. The van der Waals surface area contributed by atoms with Gasteiger partial charge >= 0.3 is 18.9 Å². The zero-order chi connectivity index (χ0) is 29.1. The third kappa shape index (κ3) is 10.8. The average Bonchev–Trinajstić information content (AvgIpc) is 2.90. The summed E-state index contributed by atoms with van der Waals surface area (Å²) in [5, 5.41) is 14.3. The van der Waals surface area contributed by atoms with Crippen molar-refractivity contribution in [2.75, 3.05) is 30.6 Å². The van der Waals surface area contributed by atoms with Crippen LogP contribution in [-0.4, -0.2) is 53.4 Å². The number of carboxylic acid groups (broad SMARTS) is 1. The summed E-state index contributed by atoms with van der Waals surface area (Å²) in [5.41, 5.74) is 4.37. The Bertz CT molecular complexity index is 1290. The van der Waals surface area contributed by atoms with Gasteiger partial charge in [-0.3, -0.25) is 9.69 Å². The number of aliphatic carboxylic acids is 1. The molecule has 0 saturated heterocycles. The van der Waals surface area contributed by atoms with Gasteiger partial charge in [-0.15, -0.1) is 0 Å². The zero-order valence-corrected chi connectivity index (χ0v) is 25.7. The van der Waals surface area contributed by atoms with Gasteiger partial charge in [0.25, 0.3) is 5.91 Å². The van der Waals surface area contributed by atoms with E-state index in [1.54, 1.807) is 17.8 Å². The molecule has 0 saturated carbocycles. The molecule has 3 aromatic carbocycles. The molecule has 0 aliphatic carbocycles. The van der Waals surface area contributed by atoms with Gasteiger partial charge < -0.3 is 15.2 Å². The minimum absolute atomic E-state index is 0. The van der Waals surface area contributed by atoms with Crippen LogP contribution >= 0.6 is 23.5 Å². The third-order valence-corrected chi connectivity index (χ3v) is 7.86. The molecule has 5 nitrogen and oxygen atoms in total. The summed E-state index contributed by atoms with van der Waals surface area (Å²) < 4.78 is 27.8. The first kappa shape index (κ1) is 34.9. The van der Waals surface area contributed by atoms with Gasteiger partial charge in [-0.05, 0) is 102 Å². The van der Waals surface area contributed by atoms with Crippen LogP contribution in [0.3, 0.4) is 0 Å². The molecule has 3 rings (SSSR count). The Morgan fingerprint density at radius 3 is 2.20 bits per heavy atom. The van der Waals surface area contributed by atoms with Crippen molar-refractivity contribution in [3.05, 3.63) is 94.6 Å². The van der Waals surface area contributed by atoms with Gasteiger partial charge in [0.15, 0.2) is 0 Å². The number of aryl methyl sites for hydroxylation is 1. The number of benzene rings is 3. The number of carboxylic acids is 1. The maximum atomic E-state index is 13.9. The van der Waals surface area contributed by atoms with Crippen molar-refractivity contribution in [3.8, 4) is 11.1 Å². The van der Waals surface area contributed by atoms with Crippen LogP contribution in [0.15, 0.2) is 60.7 Å². The summed E-state index contributed by atoms with van der Waals surface area (Å²) in [7, 11) is 0. The molecule has 0 heterocycles. The number of nitrogens with one attached hydrogen (secondary N) is 1. The fourth-order valence-electron chi connectivity index (χ4n) is 4.57. The fourth-order valence-corrected chi connectivity index (χ4v) is 5.46. The van der Waals surface area contributed by atoms with E-state index in [1.165, 1.54) is 23.9 Å². The first-order chi connectivity index (χ1) is 19.2. The maximum absolute atomic E-state index is 13.9. The summed E-state index contributed by atoms with van der Waals surface area (Å²) in [6.45, 7) is 3.55.